The zero-order valence-corrected chi connectivity index (χ0v) is 15.1. The lowest BCUT2D eigenvalue weighted by molar-refractivity contribution is -0.131. The van der Waals surface area contributed by atoms with Crippen LogP contribution in [0.3, 0.4) is 0 Å². The molecular weight excluding hydrogens is 344 g/mol. The first-order chi connectivity index (χ1) is 13.1. The molecule has 0 bridgehead atoms. The van der Waals surface area contributed by atoms with Gasteiger partial charge >= 0.3 is 0 Å². The fourth-order valence-corrected chi connectivity index (χ4v) is 3.21. The van der Waals surface area contributed by atoms with Crippen LogP contribution in [0.5, 0.6) is 0 Å². The van der Waals surface area contributed by atoms with Gasteiger partial charge in [-0.3, -0.25) is 14.6 Å². The molecule has 0 fully saturated rings. The van der Waals surface area contributed by atoms with Crippen LogP contribution in [-0.4, -0.2) is 30.0 Å². The number of nitrogen functional groups attached to an aromatic ring is 1. The van der Waals surface area contributed by atoms with Crippen LogP contribution >= 0.6 is 0 Å². The SMILES string of the molecule is Nc1ccc2c(c1)CCCC2NC(=O)COCC(=O)NCc1cccnc1. The number of rotatable bonds is 7. The number of carbonyl (C=O) groups excluding carboxylic acids is 2. The Balaban J connectivity index is 1.40. The van der Waals surface area contributed by atoms with Crippen LogP contribution in [0.15, 0.2) is 42.7 Å². The molecule has 1 heterocycles. The number of benzene rings is 1. The van der Waals surface area contributed by atoms with Crippen LogP contribution in [0.1, 0.15) is 35.6 Å². The minimum absolute atomic E-state index is 0.0372. The van der Waals surface area contributed by atoms with Crippen molar-refractivity contribution in [1.82, 2.24) is 15.6 Å². The second-order valence-corrected chi connectivity index (χ2v) is 6.60. The normalized spacial score (nSPS) is 15.6. The maximum Gasteiger partial charge on any atom is 0.246 e. The molecule has 1 aliphatic carbocycles. The fourth-order valence-electron chi connectivity index (χ4n) is 3.21. The Bertz CT molecular complexity index is 795. The van der Waals surface area contributed by atoms with Crippen molar-refractivity contribution in [2.45, 2.75) is 31.8 Å². The molecule has 27 heavy (non-hydrogen) atoms. The number of hydrogen-bond donors (Lipinski definition) is 3. The van der Waals surface area contributed by atoms with E-state index in [4.69, 9.17) is 10.5 Å². The fraction of sp³-hybridized carbons (Fsp3) is 0.350. The monoisotopic (exact) mass is 368 g/mol. The van der Waals surface area contributed by atoms with Gasteiger partial charge in [-0.2, -0.15) is 0 Å². The summed E-state index contributed by atoms with van der Waals surface area (Å²) in [6, 6.07) is 9.44. The van der Waals surface area contributed by atoms with E-state index in [0.717, 1.165) is 36.1 Å². The highest BCUT2D eigenvalue weighted by atomic mass is 16.5. The van der Waals surface area contributed by atoms with E-state index >= 15 is 0 Å². The lowest BCUT2D eigenvalue weighted by Crippen LogP contribution is -2.35. The highest BCUT2D eigenvalue weighted by Crippen LogP contribution is 2.30. The minimum atomic E-state index is -0.273. The lowest BCUT2D eigenvalue weighted by Gasteiger charge is -2.26. The van der Waals surface area contributed by atoms with Gasteiger partial charge in [-0.25, -0.2) is 0 Å². The lowest BCUT2D eigenvalue weighted by atomic mass is 9.87. The summed E-state index contributed by atoms with van der Waals surface area (Å²) < 4.78 is 5.23. The van der Waals surface area contributed by atoms with Gasteiger partial charge in [0.25, 0.3) is 0 Å². The predicted molar refractivity (Wildman–Crippen MR) is 102 cm³/mol. The van der Waals surface area contributed by atoms with Crippen molar-refractivity contribution in [2.24, 2.45) is 0 Å². The molecule has 2 amide bonds. The molecule has 0 radical (unpaired) electrons. The highest BCUT2D eigenvalue weighted by Gasteiger charge is 2.21. The molecule has 142 valence electrons. The number of anilines is 1. The summed E-state index contributed by atoms with van der Waals surface area (Å²) >= 11 is 0. The number of carbonyl (C=O) groups is 2. The Morgan fingerprint density at radius 1 is 1.22 bits per heavy atom. The number of hydrogen-bond acceptors (Lipinski definition) is 5. The summed E-state index contributed by atoms with van der Waals surface area (Å²) in [5, 5.41) is 5.71. The van der Waals surface area contributed by atoms with Gasteiger partial charge in [-0.1, -0.05) is 12.1 Å². The summed E-state index contributed by atoms with van der Waals surface area (Å²) in [5.41, 5.74) is 9.77. The maximum atomic E-state index is 12.1. The molecule has 1 aromatic carbocycles. The Morgan fingerprint density at radius 2 is 2.07 bits per heavy atom. The quantitative estimate of drug-likeness (QED) is 0.642. The van der Waals surface area contributed by atoms with E-state index in [0.29, 0.717) is 6.54 Å². The number of pyridine rings is 1. The molecule has 0 spiro atoms. The summed E-state index contributed by atoms with van der Waals surface area (Å²) in [7, 11) is 0. The number of aryl methyl sites for hydroxylation is 1. The van der Waals surface area contributed by atoms with E-state index in [-0.39, 0.29) is 31.1 Å². The van der Waals surface area contributed by atoms with Gasteiger partial charge in [0.2, 0.25) is 11.8 Å². The molecule has 0 saturated carbocycles. The molecule has 0 saturated heterocycles. The van der Waals surface area contributed by atoms with Crippen molar-refractivity contribution < 1.29 is 14.3 Å². The third-order valence-corrected chi connectivity index (χ3v) is 4.50. The van der Waals surface area contributed by atoms with E-state index in [1.807, 2.05) is 24.3 Å². The minimum Gasteiger partial charge on any atom is -0.399 e. The maximum absolute atomic E-state index is 12.1. The molecule has 3 rings (SSSR count). The summed E-state index contributed by atoms with van der Waals surface area (Å²) in [6.07, 6.45) is 6.21. The third kappa shape index (κ3) is 5.52. The third-order valence-electron chi connectivity index (χ3n) is 4.50. The summed E-state index contributed by atoms with van der Waals surface area (Å²) in [4.78, 5) is 27.9. The van der Waals surface area contributed by atoms with Crippen molar-refractivity contribution in [3.63, 3.8) is 0 Å². The van der Waals surface area contributed by atoms with Crippen LogP contribution in [-0.2, 0) is 27.3 Å². The summed E-state index contributed by atoms with van der Waals surface area (Å²) in [6.45, 7) is 0.0663. The highest BCUT2D eigenvalue weighted by molar-refractivity contribution is 5.80. The summed E-state index contributed by atoms with van der Waals surface area (Å²) in [5.74, 6) is -0.505. The molecule has 1 aliphatic rings. The largest absolute Gasteiger partial charge is 0.399 e. The number of nitrogens with two attached hydrogens (primary N) is 1. The van der Waals surface area contributed by atoms with Crippen LogP contribution in [0.4, 0.5) is 5.69 Å². The van der Waals surface area contributed by atoms with Crippen LogP contribution in [0, 0.1) is 0 Å². The number of amides is 2. The average molecular weight is 368 g/mol. The topological polar surface area (TPSA) is 106 Å². The first-order valence-electron chi connectivity index (χ1n) is 9.03. The van der Waals surface area contributed by atoms with E-state index in [1.54, 1.807) is 18.5 Å². The second kappa shape index (κ2) is 9.14. The number of ether oxygens (including phenoxy) is 1. The Hall–Kier alpha value is -2.93. The molecule has 7 heteroatoms. The number of nitrogens with zero attached hydrogens (tertiary/aromatic N) is 1. The van der Waals surface area contributed by atoms with E-state index < -0.39 is 0 Å². The van der Waals surface area contributed by atoms with Crippen molar-refractivity contribution >= 4 is 17.5 Å². The van der Waals surface area contributed by atoms with Crippen molar-refractivity contribution in [2.75, 3.05) is 18.9 Å². The van der Waals surface area contributed by atoms with Gasteiger partial charge in [0.05, 0.1) is 6.04 Å². The van der Waals surface area contributed by atoms with Gasteiger partial charge < -0.3 is 21.1 Å². The van der Waals surface area contributed by atoms with Crippen molar-refractivity contribution in [1.29, 1.82) is 0 Å². The molecule has 0 aliphatic heterocycles. The van der Waals surface area contributed by atoms with Gasteiger partial charge in [0.1, 0.15) is 13.2 Å². The number of nitrogens with one attached hydrogen (secondary N) is 2. The van der Waals surface area contributed by atoms with Crippen LogP contribution < -0.4 is 16.4 Å². The van der Waals surface area contributed by atoms with Gasteiger partial charge in [0, 0.05) is 24.6 Å². The average Bonchev–Trinajstić information content (AvgIpc) is 2.67. The number of aromatic nitrogens is 1. The zero-order valence-electron chi connectivity index (χ0n) is 15.1. The Morgan fingerprint density at radius 3 is 2.89 bits per heavy atom. The molecule has 7 nitrogen and oxygen atoms in total. The van der Waals surface area contributed by atoms with Crippen molar-refractivity contribution in [3.8, 4) is 0 Å². The zero-order chi connectivity index (χ0) is 19.1. The first kappa shape index (κ1) is 18.8. The van der Waals surface area contributed by atoms with Crippen molar-refractivity contribution in [3.05, 3.63) is 59.4 Å². The van der Waals surface area contributed by atoms with Gasteiger partial charge in [0.15, 0.2) is 0 Å². The van der Waals surface area contributed by atoms with E-state index in [9.17, 15) is 9.59 Å². The Kier molecular flexibility index (Phi) is 6.38. The van der Waals surface area contributed by atoms with Gasteiger partial charge in [-0.05, 0) is 54.2 Å². The smallest absolute Gasteiger partial charge is 0.246 e. The second-order valence-electron chi connectivity index (χ2n) is 6.60. The van der Waals surface area contributed by atoms with Crippen LogP contribution in [0.2, 0.25) is 0 Å². The first-order valence-corrected chi connectivity index (χ1v) is 9.03. The van der Waals surface area contributed by atoms with Crippen LogP contribution in [0.25, 0.3) is 0 Å². The molecule has 1 aromatic heterocycles. The Labute approximate surface area is 158 Å². The molecular formula is C20H24N4O3. The van der Waals surface area contributed by atoms with E-state index in [2.05, 4.69) is 15.6 Å². The molecule has 1 atom stereocenters. The van der Waals surface area contributed by atoms with Gasteiger partial charge in [-0.15, -0.1) is 0 Å². The molecule has 1 unspecified atom stereocenters. The standard InChI is InChI=1S/C20H24N4O3/c21-16-6-7-17-15(9-16)4-1-5-18(17)24-20(26)13-27-12-19(25)23-11-14-3-2-8-22-10-14/h2-3,6-10,18H,1,4-5,11-13,21H2,(H,23,25)(H,24,26). The van der Waals surface area contributed by atoms with E-state index in [1.165, 1.54) is 5.56 Å². The molecule has 2 aromatic rings. The predicted octanol–water partition coefficient (Wildman–Crippen LogP) is 1.49. The number of fused-ring (bicyclic) bond motifs is 1. The molecule has 4 N–H and O–H groups in total.